The molecule has 3 fully saturated rings. The summed E-state index contributed by atoms with van der Waals surface area (Å²) in [7, 11) is -7.47. The summed E-state index contributed by atoms with van der Waals surface area (Å²) in [6, 6.07) is 0. The van der Waals surface area contributed by atoms with Gasteiger partial charge in [0.25, 0.3) is 20.2 Å². The van der Waals surface area contributed by atoms with Crippen molar-refractivity contribution in [1.82, 2.24) is 0 Å². The number of ketones is 2. The third-order valence-electron chi connectivity index (χ3n) is 7.93. The Morgan fingerprint density at radius 3 is 2.29 bits per heavy atom. The average Bonchev–Trinajstić information content (AvgIpc) is 2.61. The van der Waals surface area contributed by atoms with Crippen LogP contribution >= 0.6 is 0 Å². The molecule has 5 atom stereocenters. The second-order valence-corrected chi connectivity index (χ2v) is 13.3. The number of carbonyl (C=O) groups excluding carboxylic acids is 2. The zero-order chi connectivity index (χ0) is 23.0. The van der Waals surface area contributed by atoms with Crippen LogP contribution in [0.4, 0.5) is 0 Å². The molecule has 0 aromatic rings. The summed E-state index contributed by atoms with van der Waals surface area (Å²) >= 11 is 0. The highest BCUT2D eigenvalue weighted by atomic mass is 32.2. The summed E-state index contributed by atoms with van der Waals surface area (Å²) in [4.78, 5) is 26.6. The van der Waals surface area contributed by atoms with Gasteiger partial charge < -0.3 is 0 Å². The maximum Gasteiger partial charge on any atom is 0.264 e. The largest absolute Gasteiger partial charge is 0.299 e. The molecule has 5 aliphatic rings. The third kappa shape index (κ3) is 3.37. The molecular weight excluding hydrogens is 444 g/mol. The summed E-state index contributed by atoms with van der Waals surface area (Å²) in [5, 5.41) is 0. The molecule has 2 bridgehead atoms. The first-order chi connectivity index (χ1) is 14.1. The lowest BCUT2D eigenvalue weighted by Crippen LogP contribution is -2.71. The third-order valence-corrected chi connectivity index (χ3v) is 9.03. The highest BCUT2D eigenvalue weighted by molar-refractivity contribution is 7.86. The van der Waals surface area contributed by atoms with Gasteiger partial charge in [-0.15, -0.1) is 0 Å². The van der Waals surface area contributed by atoms with E-state index in [1.165, 1.54) is 0 Å². The van der Waals surface area contributed by atoms with E-state index < -0.39 is 42.4 Å². The second kappa shape index (κ2) is 6.82. The van der Waals surface area contributed by atoms with Gasteiger partial charge in [0.05, 0.1) is 25.7 Å². The van der Waals surface area contributed by atoms with Gasteiger partial charge >= 0.3 is 0 Å². The van der Waals surface area contributed by atoms with Crippen LogP contribution in [0, 0.1) is 28.1 Å². The fourth-order valence-corrected chi connectivity index (χ4v) is 7.71. The van der Waals surface area contributed by atoms with Gasteiger partial charge in [-0.3, -0.25) is 18.0 Å². The van der Waals surface area contributed by atoms with E-state index in [0.717, 1.165) is 18.1 Å². The van der Waals surface area contributed by atoms with Crippen LogP contribution in [0.15, 0.2) is 23.8 Å². The normalized spacial score (nSPS) is 40.0. The highest BCUT2D eigenvalue weighted by Gasteiger charge is 2.75. The number of Topliss-reactive ketones (excluding diaryl/α,β-unsaturated/α-hetero) is 2. The average molecular weight is 473 g/mol. The standard InChI is InChI=1S/C21H28O8S2/c1-13-8-14-10-21(18(13)23)16(22)9-15-19(2,11-28-30(3,24)25)6-5-7-20(15,17(14)21)12-29-31(4,26)27/h8,15,17H,1,5-7,9-12H2,2-4H3/t15?,17?,19-,20-,21-/m0/s1. The van der Waals surface area contributed by atoms with Crippen LogP contribution in [0.25, 0.3) is 0 Å². The number of allylic oxidation sites excluding steroid dienone is 3. The summed E-state index contributed by atoms with van der Waals surface area (Å²) in [6.07, 6.45) is 5.97. The predicted octanol–water partition coefficient (Wildman–Crippen LogP) is 1.78. The van der Waals surface area contributed by atoms with Crippen molar-refractivity contribution in [2.24, 2.45) is 28.1 Å². The van der Waals surface area contributed by atoms with Crippen LogP contribution in [0.1, 0.15) is 39.0 Å². The van der Waals surface area contributed by atoms with Crippen molar-refractivity contribution in [1.29, 1.82) is 0 Å². The predicted molar refractivity (Wildman–Crippen MR) is 112 cm³/mol. The minimum absolute atomic E-state index is 0.0551. The first-order valence-electron chi connectivity index (χ1n) is 10.3. The zero-order valence-corrected chi connectivity index (χ0v) is 19.6. The van der Waals surface area contributed by atoms with Crippen molar-refractivity contribution in [2.75, 3.05) is 25.7 Å². The monoisotopic (exact) mass is 472 g/mol. The van der Waals surface area contributed by atoms with E-state index in [1.807, 2.05) is 6.92 Å². The van der Waals surface area contributed by atoms with Gasteiger partial charge in [-0.2, -0.15) is 16.8 Å². The van der Waals surface area contributed by atoms with Crippen molar-refractivity contribution in [3.8, 4) is 0 Å². The molecule has 0 aromatic heterocycles. The van der Waals surface area contributed by atoms with Gasteiger partial charge in [0.2, 0.25) is 0 Å². The van der Waals surface area contributed by atoms with Crippen LogP contribution in [0.2, 0.25) is 0 Å². The fourth-order valence-electron chi connectivity index (χ4n) is 6.79. The summed E-state index contributed by atoms with van der Waals surface area (Å²) < 4.78 is 57.7. The van der Waals surface area contributed by atoms with E-state index in [2.05, 4.69) is 6.58 Å². The number of rotatable bonds is 6. The molecule has 0 radical (unpaired) electrons. The molecule has 0 N–H and O–H groups in total. The molecule has 8 nitrogen and oxygen atoms in total. The van der Waals surface area contributed by atoms with Gasteiger partial charge in [0.15, 0.2) is 5.78 Å². The second-order valence-electron chi connectivity index (χ2n) is 10.0. The van der Waals surface area contributed by atoms with Gasteiger partial charge in [0, 0.05) is 23.3 Å². The summed E-state index contributed by atoms with van der Waals surface area (Å²) in [5.41, 5.74) is -1.44. The van der Waals surface area contributed by atoms with E-state index in [4.69, 9.17) is 8.37 Å². The van der Waals surface area contributed by atoms with Gasteiger partial charge in [-0.25, -0.2) is 0 Å². The van der Waals surface area contributed by atoms with E-state index in [9.17, 15) is 26.4 Å². The Morgan fingerprint density at radius 2 is 1.68 bits per heavy atom. The van der Waals surface area contributed by atoms with Crippen molar-refractivity contribution >= 4 is 31.8 Å². The molecule has 5 rings (SSSR count). The van der Waals surface area contributed by atoms with Crippen LogP contribution in [0.5, 0.6) is 0 Å². The van der Waals surface area contributed by atoms with Crippen LogP contribution in [-0.4, -0.2) is 54.1 Å². The molecule has 31 heavy (non-hydrogen) atoms. The molecule has 0 heterocycles. The Kier molecular flexibility index (Phi) is 5.02. The van der Waals surface area contributed by atoms with E-state index in [-0.39, 0.29) is 37.1 Å². The topological polar surface area (TPSA) is 121 Å². The Hall–Kier alpha value is -1.36. The number of hydrogen-bond acceptors (Lipinski definition) is 8. The fraction of sp³-hybridized carbons (Fsp3) is 0.714. The molecule has 1 spiro atoms. The minimum Gasteiger partial charge on any atom is -0.299 e. The lowest BCUT2D eigenvalue weighted by Gasteiger charge is -2.68. The smallest absolute Gasteiger partial charge is 0.264 e. The zero-order valence-electron chi connectivity index (χ0n) is 18.0. The van der Waals surface area contributed by atoms with Gasteiger partial charge in [-0.05, 0) is 30.6 Å². The van der Waals surface area contributed by atoms with Crippen LogP contribution in [-0.2, 0) is 38.2 Å². The lowest BCUT2D eigenvalue weighted by molar-refractivity contribution is -0.191. The number of fused-ring (bicyclic) bond motifs is 3. The van der Waals surface area contributed by atoms with Gasteiger partial charge in [0.1, 0.15) is 11.2 Å². The van der Waals surface area contributed by atoms with Crippen molar-refractivity contribution in [3.63, 3.8) is 0 Å². The molecule has 0 aliphatic heterocycles. The Bertz CT molecular complexity index is 1120. The first kappa shape index (κ1) is 22.8. The van der Waals surface area contributed by atoms with Crippen molar-refractivity contribution < 1.29 is 34.8 Å². The molecule has 5 aliphatic carbocycles. The number of carbonyl (C=O) groups is 2. The molecule has 172 valence electrons. The maximum absolute atomic E-state index is 13.4. The molecule has 0 amide bonds. The van der Waals surface area contributed by atoms with E-state index in [1.54, 1.807) is 6.08 Å². The quantitative estimate of drug-likeness (QED) is 0.326. The molecular formula is C21H28O8S2. The van der Waals surface area contributed by atoms with Crippen LogP contribution < -0.4 is 0 Å². The summed E-state index contributed by atoms with van der Waals surface area (Å²) in [6.45, 7) is 5.42. The Labute approximate surface area is 183 Å². The van der Waals surface area contributed by atoms with Crippen LogP contribution in [0.3, 0.4) is 0 Å². The highest BCUT2D eigenvalue weighted by Crippen LogP contribution is 2.73. The molecule has 0 aromatic carbocycles. The number of hydrogen-bond donors (Lipinski definition) is 0. The van der Waals surface area contributed by atoms with E-state index in [0.29, 0.717) is 31.3 Å². The molecule has 3 saturated carbocycles. The first-order valence-corrected chi connectivity index (χ1v) is 13.9. The SMILES string of the molecule is C=C1C=C2C[C@@]3(C(=O)CC4[C@](C)(COS(C)(=O)=O)CCC[C@@]4(COS(C)(=O)=O)C23)C1=O. The Morgan fingerprint density at radius 1 is 1.06 bits per heavy atom. The van der Waals surface area contributed by atoms with E-state index >= 15 is 0 Å². The Balaban J connectivity index is 1.83. The minimum atomic E-state index is -3.77. The van der Waals surface area contributed by atoms with Crippen molar-refractivity contribution in [3.05, 3.63) is 23.8 Å². The maximum atomic E-state index is 13.4. The molecule has 2 unspecified atom stereocenters. The summed E-state index contributed by atoms with van der Waals surface area (Å²) in [5.74, 6) is -1.29. The van der Waals surface area contributed by atoms with Crippen molar-refractivity contribution in [2.45, 2.75) is 39.0 Å². The molecule has 10 heteroatoms. The molecule has 0 saturated heterocycles. The van der Waals surface area contributed by atoms with Gasteiger partial charge in [-0.1, -0.05) is 31.6 Å². The lowest BCUT2D eigenvalue weighted by atomic mass is 9.33.